The lowest BCUT2D eigenvalue weighted by molar-refractivity contribution is -0.135. The average molecular weight is 552 g/mol. The maximum absolute atomic E-state index is 14.0. The molecule has 6 atom stereocenters. The number of aliphatic hydroxyl groups is 1. The molecule has 2 aliphatic heterocycles. The van der Waals surface area contributed by atoms with Gasteiger partial charge >= 0.3 is 0 Å². The molecular formula is C29H37N5O6. The number of likely N-dealkylation sites (tertiary alicyclic amines) is 1. The molecular weight excluding hydrogens is 514 g/mol. The van der Waals surface area contributed by atoms with Gasteiger partial charge in [0.1, 0.15) is 17.5 Å². The molecule has 11 nitrogen and oxygen atoms in total. The van der Waals surface area contributed by atoms with Crippen LogP contribution in [-0.4, -0.2) is 83.0 Å². The van der Waals surface area contributed by atoms with Crippen molar-refractivity contribution in [1.82, 2.24) is 25.8 Å². The molecule has 2 saturated heterocycles. The predicted octanol–water partition coefficient (Wildman–Crippen LogP) is 1.07. The van der Waals surface area contributed by atoms with E-state index in [0.717, 1.165) is 43.0 Å². The number of hydrogen-bond acceptors (Lipinski definition) is 6. The lowest BCUT2D eigenvalue weighted by Gasteiger charge is -2.31. The van der Waals surface area contributed by atoms with Gasteiger partial charge in [-0.1, -0.05) is 12.5 Å². The van der Waals surface area contributed by atoms with Crippen LogP contribution in [-0.2, 0) is 14.4 Å². The predicted molar refractivity (Wildman–Crippen MR) is 145 cm³/mol. The zero-order valence-corrected chi connectivity index (χ0v) is 22.7. The summed E-state index contributed by atoms with van der Waals surface area (Å²) in [5, 5.41) is 20.3. The van der Waals surface area contributed by atoms with E-state index in [0.29, 0.717) is 31.0 Å². The number of H-pyrrole nitrogens is 1. The number of aromatic amines is 1. The van der Waals surface area contributed by atoms with Crippen molar-refractivity contribution in [3.8, 4) is 5.75 Å². The van der Waals surface area contributed by atoms with Gasteiger partial charge in [-0.15, -0.1) is 0 Å². The third-order valence-electron chi connectivity index (χ3n) is 9.10. The molecule has 2 saturated carbocycles. The van der Waals surface area contributed by atoms with E-state index in [9.17, 15) is 24.3 Å². The van der Waals surface area contributed by atoms with Crippen molar-refractivity contribution in [1.29, 1.82) is 0 Å². The molecule has 0 radical (unpaired) electrons. The first-order chi connectivity index (χ1) is 19.3. The van der Waals surface area contributed by atoms with Gasteiger partial charge in [0.15, 0.2) is 6.10 Å². The highest BCUT2D eigenvalue weighted by atomic mass is 16.5. The number of aliphatic hydroxyl groups excluding tert-OH is 1. The third-order valence-corrected chi connectivity index (χ3v) is 9.10. The van der Waals surface area contributed by atoms with Crippen LogP contribution in [0.25, 0.3) is 10.9 Å². The summed E-state index contributed by atoms with van der Waals surface area (Å²) < 4.78 is 5.45. The van der Waals surface area contributed by atoms with E-state index in [4.69, 9.17) is 4.74 Å². The molecule has 6 rings (SSSR count). The number of nitrogens with zero attached hydrogens (tertiary/aromatic N) is 1. The number of rotatable bonds is 9. The van der Waals surface area contributed by atoms with Gasteiger partial charge in [0.05, 0.1) is 13.2 Å². The average Bonchev–Trinajstić information content (AvgIpc) is 3.30. The van der Waals surface area contributed by atoms with Gasteiger partial charge in [-0.25, -0.2) is 0 Å². The molecule has 11 heteroatoms. The summed E-state index contributed by atoms with van der Waals surface area (Å²) in [6, 6.07) is 5.67. The number of aromatic nitrogens is 1. The van der Waals surface area contributed by atoms with Crippen molar-refractivity contribution in [2.45, 2.75) is 69.2 Å². The van der Waals surface area contributed by atoms with E-state index in [1.165, 1.54) is 0 Å². The van der Waals surface area contributed by atoms with Crippen molar-refractivity contribution in [3.63, 3.8) is 0 Å². The summed E-state index contributed by atoms with van der Waals surface area (Å²) in [6.45, 7) is 0.993. The highest BCUT2D eigenvalue weighted by molar-refractivity contribution is 6.02. The second-order valence-electron chi connectivity index (χ2n) is 11.7. The summed E-state index contributed by atoms with van der Waals surface area (Å²) in [5.74, 6) is -0.900. The number of amides is 4. The molecule has 2 aromatic rings. The van der Waals surface area contributed by atoms with Crippen LogP contribution < -0.4 is 20.7 Å². The van der Waals surface area contributed by atoms with Gasteiger partial charge in [0, 0.05) is 36.0 Å². The van der Waals surface area contributed by atoms with E-state index in [2.05, 4.69) is 20.9 Å². The second kappa shape index (κ2) is 10.8. The van der Waals surface area contributed by atoms with Crippen LogP contribution in [0.1, 0.15) is 55.4 Å². The maximum atomic E-state index is 14.0. The summed E-state index contributed by atoms with van der Waals surface area (Å²) in [5.41, 5.74) is 1.14. The molecule has 4 fully saturated rings. The SMILES string of the molecule is COc1cccc2[nH]c(C(=O)N3C[C@@H]4CCC[C@@H]4[C@H]3C(=O)N[C@@H](C[C@@H]3CCNC3=O)C(O)C(=O)NC3CC3)cc12. The van der Waals surface area contributed by atoms with Crippen molar-refractivity contribution < 1.29 is 29.0 Å². The van der Waals surface area contributed by atoms with E-state index >= 15 is 0 Å². The number of benzene rings is 1. The molecule has 1 aromatic heterocycles. The number of fused-ring (bicyclic) bond motifs is 2. The number of methoxy groups -OCH3 is 1. The standard InChI is InChI=1S/C29H37N5O6/c1-40-23-7-3-6-20-19(23)13-22(32-20)29(39)34-14-16-4-2-5-18(16)24(34)27(37)33-21(12-15-10-11-30-26(15)36)25(35)28(38)31-17-8-9-17/h3,6-7,13,15-18,21,24-25,32,35H,2,4-5,8-12,14H2,1H3,(H,30,36)(H,31,38)(H,33,37)/t15-,16-,18-,21-,24-,25?/m0/s1. The molecule has 40 heavy (non-hydrogen) atoms. The van der Waals surface area contributed by atoms with Crippen LogP contribution in [0.5, 0.6) is 5.75 Å². The normalized spacial score (nSPS) is 27.2. The van der Waals surface area contributed by atoms with Gasteiger partial charge in [0.25, 0.3) is 11.8 Å². The summed E-state index contributed by atoms with van der Waals surface area (Å²) in [7, 11) is 1.58. The fourth-order valence-electron chi connectivity index (χ4n) is 6.83. The Morgan fingerprint density at radius 1 is 1.18 bits per heavy atom. The molecule has 4 aliphatic rings. The number of ether oxygens (including phenoxy) is 1. The number of carbonyl (C=O) groups excluding carboxylic acids is 4. The first-order valence-corrected chi connectivity index (χ1v) is 14.4. The number of nitrogens with one attached hydrogen (secondary N) is 4. The van der Waals surface area contributed by atoms with Gasteiger partial charge in [-0.2, -0.15) is 0 Å². The van der Waals surface area contributed by atoms with Crippen LogP contribution in [0.15, 0.2) is 24.3 Å². The first-order valence-electron chi connectivity index (χ1n) is 14.4. The molecule has 2 aliphatic carbocycles. The van der Waals surface area contributed by atoms with Crippen LogP contribution in [0.2, 0.25) is 0 Å². The highest BCUT2D eigenvalue weighted by Crippen LogP contribution is 2.43. The van der Waals surface area contributed by atoms with E-state index in [1.54, 1.807) is 18.1 Å². The van der Waals surface area contributed by atoms with Crippen molar-refractivity contribution in [2.75, 3.05) is 20.2 Å². The fourth-order valence-corrected chi connectivity index (χ4v) is 6.83. The minimum Gasteiger partial charge on any atom is -0.496 e. The van der Waals surface area contributed by atoms with Crippen molar-refractivity contribution in [3.05, 3.63) is 30.0 Å². The fraction of sp³-hybridized carbons (Fsp3) is 0.586. The highest BCUT2D eigenvalue weighted by Gasteiger charge is 2.50. The monoisotopic (exact) mass is 551 g/mol. The van der Waals surface area contributed by atoms with Gasteiger partial charge < -0.3 is 35.7 Å². The topological polar surface area (TPSA) is 153 Å². The Bertz CT molecular complexity index is 1320. The van der Waals surface area contributed by atoms with Crippen LogP contribution >= 0.6 is 0 Å². The summed E-state index contributed by atoms with van der Waals surface area (Å²) in [6.07, 6.45) is 3.71. The minimum absolute atomic E-state index is 0.00396. The molecule has 0 bridgehead atoms. The van der Waals surface area contributed by atoms with Gasteiger partial charge in [-0.3, -0.25) is 19.2 Å². The Morgan fingerprint density at radius 2 is 2.00 bits per heavy atom. The smallest absolute Gasteiger partial charge is 0.271 e. The second-order valence-corrected chi connectivity index (χ2v) is 11.7. The lowest BCUT2D eigenvalue weighted by Crippen LogP contribution is -2.57. The molecule has 214 valence electrons. The van der Waals surface area contributed by atoms with Crippen molar-refractivity contribution in [2.24, 2.45) is 17.8 Å². The zero-order chi connectivity index (χ0) is 28.0. The number of carbonyl (C=O) groups is 4. The molecule has 1 aromatic carbocycles. The third kappa shape index (κ3) is 5.02. The number of hydrogen-bond donors (Lipinski definition) is 5. The van der Waals surface area contributed by atoms with Gasteiger partial charge in [-0.05, 0) is 68.6 Å². The van der Waals surface area contributed by atoms with Crippen molar-refractivity contribution >= 4 is 34.5 Å². The molecule has 4 amide bonds. The molecule has 0 spiro atoms. The Labute approximate surface area is 232 Å². The molecule has 3 heterocycles. The molecule has 5 N–H and O–H groups in total. The maximum Gasteiger partial charge on any atom is 0.271 e. The van der Waals surface area contributed by atoms with E-state index in [-0.39, 0.29) is 36.1 Å². The largest absolute Gasteiger partial charge is 0.496 e. The minimum atomic E-state index is -1.50. The summed E-state index contributed by atoms with van der Waals surface area (Å²) in [4.78, 5) is 57.7. The Hall–Kier alpha value is -3.60. The lowest BCUT2D eigenvalue weighted by atomic mass is 9.91. The van der Waals surface area contributed by atoms with E-state index in [1.807, 2.05) is 18.2 Å². The quantitative estimate of drug-likeness (QED) is 0.314. The molecule has 1 unspecified atom stereocenters. The van der Waals surface area contributed by atoms with Crippen LogP contribution in [0.4, 0.5) is 0 Å². The van der Waals surface area contributed by atoms with Crippen LogP contribution in [0.3, 0.4) is 0 Å². The Morgan fingerprint density at radius 3 is 2.73 bits per heavy atom. The van der Waals surface area contributed by atoms with E-state index < -0.39 is 35.9 Å². The van der Waals surface area contributed by atoms with Crippen LogP contribution in [0, 0.1) is 17.8 Å². The first kappa shape index (κ1) is 26.6. The zero-order valence-electron chi connectivity index (χ0n) is 22.7. The Balaban J connectivity index is 1.25. The summed E-state index contributed by atoms with van der Waals surface area (Å²) >= 11 is 0. The Kier molecular flexibility index (Phi) is 7.16. The van der Waals surface area contributed by atoms with Gasteiger partial charge in [0.2, 0.25) is 11.8 Å².